The molecule has 0 aromatic heterocycles. The summed E-state index contributed by atoms with van der Waals surface area (Å²) in [5.74, 6) is 1.02. The summed E-state index contributed by atoms with van der Waals surface area (Å²) in [6.45, 7) is 3.90. The molecule has 0 saturated carbocycles. The summed E-state index contributed by atoms with van der Waals surface area (Å²) in [4.78, 5) is 45.6. The van der Waals surface area contributed by atoms with Gasteiger partial charge in [-0.3, -0.25) is 19.8 Å². The lowest BCUT2D eigenvalue weighted by Crippen LogP contribution is -2.70. The molecule has 0 spiro atoms. The number of carbonyl (C=O) groups is 2. The predicted octanol–water partition coefficient (Wildman–Crippen LogP) is 5.95. The average molecular weight is 581 g/mol. The second-order valence-electron chi connectivity index (χ2n) is 10.0. The first kappa shape index (κ1) is 29.6. The molecule has 4 rings (SSSR count). The van der Waals surface area contributed by atoms with E-state index in [0.29, 0.717) is 5.56 Å². The summed E-state index contributed by atoms with van der Waals surface area (Å²) < 4.78 is 0.190. The lowest BCUT2D eigenvalue weighted by atomic mass is 9.70. The molecule has 40 heavy (non-hydrogen) atoms. The first-order valence-electron chi connectivity index (χ1n) is 12.9. The van der Waals surface area contributed by atoms with Gasteiger partial charge in [0.2, 0.25) is 5.91 Å². The van der Waals surface area contributed by atoms with Crippen LogP contribution in [0.25, 0.3) is 0 Å². The zero-order valence-electron chi connectivity index (χ0n) is 22.4. The third-order valence-electron chi connectivity index (χ3n) is 6.97. The van der Waals surface area contributed by atoms with Gasteiger partial charge in [-0.25, -0.2) is 4.79 Å². The Hall–Kier alpha value is -3.34. The molecule has 1 aliphatic heterocycles. The summed E-state index contributed by atoms with van der Waals surface area (Å²) in [6.07, 6.45) is -0.102. The molecule has 3 atom stereocenters. The number of non-ortho nitro benzene ring substituents is 1. The van der Waals surface area contributed by atoms with E-state index < -0.39 is 16.3 Å². The van der Waals surface area contributed by atoms with Crippen molar-refractivity contribution in [2.45, 2.75) is 42.4 Å². The Labute approximate surface area is 242 Å². The van der Waals surface area contributed by atoms with Gasteiger partial charge in [0, 0.05) is 29.7 Å². The number of carbonyl (C=O) groups excluding carboxylic acids is 2. The largest absolute Gasteiger partial charge is 0.351 e. The summed E-state index contributed by atoms with van der Waals surface area (Å²) >= 11 is 3.72. The second-order valence-corrected chi connectivity index (χ2v) is 12.6. The quantitative estimate of drug-likeness (QED) is 0.0820. The van der Waals surface area contributed by atoms with Gasteiger partial charge in [0.05, 0.1) is 21.3 Å². The first-order chi connectivity index (χ1) is 19.3. The fourth-order valence-electron chi connectivity index (χ4n) is 4.56. The molecule has 1 fully saturated rings. The van der Waals surface area contributed by atoms with E-state index in [1.54, 1.807) is 0 Å². The molecule has 1 saturated heterocycles. The van der Waals surface area contributed by atoms with Crippen molar-refractivity contribution in [2.24, 2.45) is 11.3 Å². The van der Waals surface area contributed by atoms with E-state index in [9.17, 15) is 19.7 Å². The third kappa shape index (κ3) is 7.65. The second kappa shape index (κ2) is 13.8. The standard InChI is InChI=1S/C30H32N2O6S2/c1-21(28(39-18-23-9-5-3-6-10-23)40-19-24-11-7-4-8-12-24)27-30(2,29(34)31-27)20-37-38-26(33)17-22-13-15-25(16-14-22)32(35)36/h3-16,21,27-28H,17-20H2,1-2H3,(H,31,34). The number of amides is 1. The molecular weight excluding hydrogens is 548 g/mol. The molecule has 210 valence electrons. The molecule has 10 heteroatoms. The number of nitrogens with zero attached hydrogens (tertiary/aromatic N) is 1. The van der Waals surface area contributed by atoms with Gasteiger partial charge < -0.3 is 5.32 Å². The topological polar surface area (TPSA) is 108 Å². The van der Waals surface area contributed by atoms with Crippen molar-refractivity contribution in [2.75, 3.05) is 6.61 Å². The number of nitrogens with one attached hydrogen (secondary N) is 1. The molecule has 1 heterocycles. The van der Waals surface area contributed by atoms with Gasteiger partial charge in [-0.05, 0) is 29.5 Å². The summed E-state index contributed by atoms with van der Waals surface area (Å²) in [5.41, 5.74) is 2.14. The van der Waals surface area contributed by atoms with Gasteiger partial charge in [0.25, 0.3) is 5.69 Å². The van der Waals surface area contributed by atoms with Gasteiger partial charge in [-0.1, -0.05) is 79.7 Å². The highest BCUT2D eigenvalue weighted by Gasteiger charge is 2.55. The van der Waals surface area contributed by atoms with E-state index >= 15 is 0 Å². The van der Waals surface area contributed by atoms with E-state index in [1.807, 2.05) is 66.8 Å². The highest BCUT2D eigenvalue weighted by atomic mass is 32.2. The van der Waals surface area contributed by atoms with Crippen molar-refractivity contribution >= 4 is 41.1 Å². The minimum atomic E-state index is -0.855. The predicted molar refractivity (Wildman–Crippen MR) is 157 cm³/mol. The summed E-state index contributed by atoms with van der Waals surface area (Å²) in [7, 11) is 0. The monoisotopic (exact) mass is 580 g/mol. The van der Waals surface area contributed by atoms with Crippen LogP contribution in [0.3, 0.4) is 0 Å². The van der Waals surface area contributed by atoms with E-state index in [-0.39, 0.29) is 41.2 Å². The molecule has 1 amide bonds. The molecule has 0 bridgehead atoms. The van der Waals surface area contributed by atoms with Crippen LogP contribution in [0.2, 0.25) is 0 Å². The Morgan fingerprint density at radius 1 is 0.950 bits per heavy atom. The smallest absolute Gasteiger partial charge is 0.346 e. The van der Waals surface area contributed by atoms with Crippen molar-refractivity contribution in [3.63, 3.8) is 0 Å². The number of hydrogen-bond acceptors (Lipinski definition) is 8. The van der Waals surface area contributed by atoms with Gasteiger partial charge in [-0.15, -0.1) is 23.5 Å². The molecule has 3 aromatic rings. The number of hydrogen-bond donors (Lipinski definition) is 1. The van der Waals surface area contributed by atoms with Crippen molar-refractivity contribution in [1.82, 2.24) is 5.32 Å². The number of benzene rings is 3. The molecule has 3 aromatic carbocycles. The fraction of sp³-hybridized carbons (Fsp3) is 0.333. The van der Waals surface area contributed by atoms with Crippen LogP contribution >= 0.6 is 23.5 Å². The zero-order valence-corrected chi connectivity index (χ0v) is 24.0. The molecule has 1 aliphatic rings. The maximum absolute atomic E-state index is 12.7. The van der Waals surface area contributed by atoms with E-state index in [0.717, 1.165) is 11.5 Å². The Bertz CT molecular complexity index is 1250. The Morgan fingerprint density at radius 2 is 1.50 bits per heavy atom. The highest BCUT2D eigenvalue weighted by Crippen LogP contribution is 2.44. The van der Waals surface area contributed by atoms with E-state index in [1.165, 1.54) is 35.4 Å². The first-order valence-corrected chi connectivity index (χ1v) is 15.0. The SMILES string of the molecule is CC(C(SCc1ccccc1)SCc1ccccc1)C1NC(=O)C1(C)COOC(=O)Cc1ccc([N+](=O)[O-])cc1. The molecule has 1 N–H and O–H groups in total. The van der Waals surface area contributed by atoms with Gasteiger partial charge in [0.15, 0.2) is 0 Å². The summed E-state index contributed by atoms with van der Waals surface area (Å²) in [5, 5.41) is 13.9. The average Bonchev–Trinajstić information content (AvgIpc) is 2.96. The van der Waals surface area contributed by atoms with Crippen LogP contribution in [0.1, 0.15) is 30.5 Å². The van der Waals surface area contributed by atoms with Crippen molar-refractivity contribution in [1.29, 1.82) is 0 Å². The molecular formula is C30H32N2O6S2. The maximum atomic E-state index is 12.7. The van der Waals surface area contributed by atoms with Crippen LogP contribution in [-0.2, 0) is 37.3 Å². The van der Waals surface area contributed by atoms with Crippen LogP contribution in [0, 0.1) is 21.4 Å². The van der Waals surface area contributed by atoms with Gasteiger partial charge in [0.1, 0.15) is 6.61 Å². The van der Waals surface area contributed by atoms with Crippen LogP contribution < -0.4 is 5.32 Å². The van der Waals surface area contributed by atoms with Crippen LogP contribution in [0.15, 0.2) is 84.9 Å². The zero-order chi connectivity index (χ0) is 28.5. The minimum absolute atomic E-state index is 0.0559. The summed E-state index contributed by atoms with van der Waals surface area (Å²) in [6, 6.07) is 26.1. The Kier molecular flexibility index (Phi) is 10.2. The highest BCUT2D eigenvalue weighted by molar-refractivity contribution is 8.16. The number of thioether (sulfide) groups is 2. The van der Waals surface area contributed by atoms with Crippen LogP contribution in [-0.4, -0.2) is 34.0 Å². The van der Waals surface area contributed by atoms with Crippen LogP contribution in [0.4, 0.5) is 5.69 Å². The molecule has 3 unspecified atom stereocenters. The van der Waals surface area contributed by atoms with Crippen molar-refractivity contribution in [3.8, 4) is 0 Å². The normalized spacial score (nSPS) is 19.0. The number of rotatable bonds is 14. The molecule has 0 radical (unpaired) electrons. The van der Waals surface area contributed by atoms with Crippen molar-refractivity contribution < 1.29 is 24.3 Å². The van der Waals surface area contributed by atoms with Gasteiger partial charge >= 0.3 is 5.97 Å². The van der Waals surface area contributed by atoms with Crippen molar-refractivity contribution in [3.05, 3.63) is 112 Å². The molecule has 0 aliphatic carbocycles. The fourth-order valence-corrected chi connectivity index (χ4v) is 7.37. The maximum Gasteiger partial charge on any atom is 0.346 e. The number of β-lactam (4-membered cyclic amide) rings is 1. The molecule has 8 nitrogen and oxygen atoms in total. The minimum Gasteiger partial charge on any atom is -0.351 e. The van der Waals surface area contributed by atoms with Crippen LogP contribution in [0.5, 0.6) is 0 Å². The van der Waals surface area contributed by atoms with E-state index in [4.69, 9.17) is 9.78 Å². The lowest BCUT2D eigenvalue weighted by molar-refractivity contribution is -0.384. The number of nitro benzene ring substituents is 1. The van der Waals surface area contributed by atoms with Gasteiger partial charge in [-0.2, -0.15) is 4.89 Å². The lowest BCUT2D eigenvalue weighted by Gasteiger charge is -2.49. The third-order valence-corrected chi connectivity index (χ3v) is 10.3. The van der Waals surface area contributed by atoms with E-state index in [2.05, 4.69) is 36.5 Å². The number of nitro groups is 1. The Morgan fingerprint density at radius 3 is 2.00 bits per heavy atom. The Balaban J connectivity index is 1.34.